The van der Waals surface area contributed by atoms with Crippen molar-refractivity contribution < 1.29 is 17.9 Å². The Bertz CT molecular complexity index is 459. The van der Waals surface area contributed by atoms with E-state index in [-0.39, 0.29) is 11.8 Å². The summed E-state index contributed by atoms with van der Waals surface area (Å²) < 4.78 is 40.1. The highest BCUT2D eigenvalue weighted by Gasteiger charge is 2.31. The Kier molecular flexibility index (Phi) is 3.99. The molecule has 0 aromatic heterocycles. The summed E-state index contributed by atoms with van der Waals surface area (Å²) in [6, 6.07) is 6.09. The summed E-state index contributed by atoms with van der Waals surface area (Å²) in [4.78, 5) is 0. The van der Waals surface area contributed by atoms with Crippen molar-refractivity contribution in [3.05, 3.63) is 36.4 Å². The van der Waals surface area contributed by atoms with Crippen LogP contribution in [-0.2, 0) is 0 Å². The predicted octanol–water partition coefficient (Wildman–Crippen LogP) is 2.92. The first-order valence-corrected chi connectivity index (χ1v) is 5.92. The molecule has 0 saturated carbocycles. The van der Waals surface area contributed by atoms with Gasteiger partial charge in [-0.05, 0) is 18.6 Å². The molecule has 0 spiro atoms. The highest BCUT2D eigenvalue weighted by atomic mass is 19.4. The minimum atomic E-state index is -4.66. The van der Waals surface area contributed by atoms with Crippen LogP contribution in [-0.4, -0.2) is 25.5 Å². The van der Waals surface area contributed by atoms with Crippen molar-refractivity contribution >= 4 is 5.69 Å². The first kappa shape index (κ1) is 13.7. The fourth-order valence-corrected chi connectivity index (χ4v) is 1.97. The Morgan fingerprint density at radius 2 is 2.21 bits per heavy atom. The Morgan fingerprint density at radius 3 is 2.84 bits per heavy atom. The van der Waals surface area contributed by atoms with Gasteiger partial charge < -0.3 is 15.4 Å². The van der Waals surface area contributed by atoms with Crippen LogP contribution in [0.3, 0.4) is 0 Å². The molecule has 1 fully saturated rings. The molecule has 6 heteroatoms. The molecule has 0 bridgehead atoms. The molecule has 0 amide bonds. The molecular weight excluding hydrogens is 257 g/mol. The summed E-state index contributed by atoms with van der Waals surface area (Å²) in [5.41, 5.74) is 1.74. The zero-order chi connectivity index (χ0) is 13.9. The van der Waals surface area contributed by atoms with Crippen molar-refractivity contribution in [2.24, 2.45) is 0 Å². The summed E-state index contributed by atoms with van der Waals surface area (Å²) in [5.74, 6) is -0.221. The standard InChI is InChI=1S/C13H15F3N2O/c1-9-5-11(17-7-9)8-18-10-3-2-4-12(6-10)19-13(14,15)16/h2-4,6,11,17-18H,1,5,7-8H2. The molecule has 2 rings (SSSR count). The largest absolute Gasteiger partial charge is 0.573 e. The molecule has 1 unspecified atom stereocenters. The van der Waals surface area contributed by atoms with Crippen molar-refractivity contribution in [1.29, 1.82) is 0 Å². The van der Waals surface area contributed by atoms with Gasteiger partial charge in [0.05, 0.1) is 0 Å². The maximum Gasteiger partial charge on any atom is 0.573 e. The second-order valence-electron chi connectivity index (χ2n) is 4.49. The number of nitrogens with one attached hydrogen (secondary N) is 2. The minimum absolute atomic E-state index is 0.221. The third-order valence-electron chi connectivity index (χ3n) is 2.80. The summed E-state index contributed by atoms with van der Waals surface area (Å²) in [6.07, 6.45) is -3.78. The normalized spacial score (nSPS) is 19.5. The van der Waals surface area contributed by atoms with Crippen LogP contribution in [0.2, 0.25) is 0 Å². The van der Waals surface area contributed by atoms with Crippen molar-refractivity contribution in [1.82, 2.24) is 5.32 Å². The fraction of sp³-hybridized carbons (Fsp3) is 0.385. The molecule has 0 radical (unpaired) electrons. The van der Waals surface area contributed by atoms with Crippen molar-refractivity contribution in [3.8, 4) is 5.75 Å². The van der Waals surface area contributed by atoms with E-state index in [0.29, 0.717) is 12.2 Å². The first-order chi connectivity index (χ1) is 8.92. The lowest BCUT2D eigenvalue weighted by Gasteiger charge is -2.14. The second kappa shape index (κ2) is 5.52. The third kappa shape index (κ3) is 4.48. The van der Waals surface area contributed by atoms with Crippen LogP contribution in [0.25, 0.3) is 0 Å². The molecule has 1 saturated heterocycles. The molecule has 19 heavy (non-hydrogen) atoms. The van der Waals surface area contributed by atoms with Gasteiger partial charge in [-0.15, -0.1) is 13.2 Å². The van der Waals surface area contributed by atoms with Gasteiger partial charge in [0.25, 0.3) is 0 Å². The van der Waals surface area contributed by atoms with E-state index < -0.39 is 6.36 Å². The Hall–Kier alpha value is -1.69. The molecule has 1 heterocycles. The lowest BCUT2D eigenvalue weighted by atomic mass is 10.2. The molecular formula is C13H15F3N2O. The van der Waals surface area contributed by atoms with Gasteiger partial charge in [-0.3, -0.25) is 0 Å². The monoisotopic (exact) mass is 272 g/mol. The highest BCUT2D eigenvalue weighted by Crippen LogP contribution is 2.25. The van der Waals surface area contributed by atoms with Gasteiger partial charge >= 0.3 is 6.36 Å². The molecule has 104 valence electrons. The van der Waals surface area contributed by atoms with Crippen LogP contribution in [0.1, 0.15) is 6.42 Å². The fourth-order valence-electron chi connectivity index (χ4n) is 1.97. The first-order valence-electron chi connectivity index (χ1n) is 5.92. The van der Waals surface area contributed by atoms with Gasteiger partial charge in [-0.25, -0.2) is 0 Å². The molecule has 1 aromatic rings. The van der Waals surface area contributed by atoms with Crippen LogP contribution in [0.15, 0.2) is 36.4 Å². The van der Waals surface area contributed by atoms with Crippen molar-refractivity contribution in [2.45, 2.75) is 18.8 Å². The number of benzene rings is 1. The average Bonchev–Trinajstić information content (AvgIpc) is 2.71. The quantitative estimate of drug-likeness (QED) is 0.827. The average molecular weight is 272 g/mol. The Balaban J connectivity index is 1.90. The van der Waals surface area contributed by atoms with E-state index in [1.54, 1.807) is 6.07 Å². The van der Waals surface area contributed by atoms with E-state index in [1.165, 1.54) is 18.2 Å². The Morgan fingerprint density at radius 1 is 1.42 bits per heavy atom. The van der Waals surface area contributed by atoms with E-state index in [0.717, 1.165) is 18.5 Å². The van der Waals surface area contributed by atoms with Gasteiger partial charge in [0.2, 0.25) is 0 Å². The predicted molar refractivity (Wildman–Crippen MR) is 67.2 cm³/mol. The zero-order valence-corrected chi connectivity index (χ0v) is 10.3. The van der Waals surface area contributed by atoms with Crippen LogP contribution >= 0.6 is 0 Å². The van der Waals surface area contributed by atoms with Crippen LogP contribution < -0.4 is 15.4 Å². The summed E-state index contributed by atoms with van der Waals surface area (Å²) in [5, 5.41) is 6.34. The Labute approximate surface area is 109 Å². The molecule has 3 nitrogen and oxygen atoms in total. The summed E-state index contributed by atoms with van der Waals surface area (Å²) in [7, 11) is 0. The molecule has 1 atom stereocenters. The summed E-state index contributed by atoms with van der Waals surface area (Å²) >= 11 is 0. The SMILES string of the molecule is C=C1CNC(CNc2cccc(OC(F)(F)F)c2)C1. The number of hydrogen-bond acceptors (Lipinski definition) is 3. The van der Waals surface area contributed by atoms with Crippen LogP contribution in [0.5, 0.6) is 5.75 Å². The number of hydrogen-bond donors (Lipinski definition) is 2. The van der Waals surface area contributed by atoms with Gasteiger partial charge in [0.15, 0.2) is 0 Å². The number of anilines is 1. The number of alkyl halides is 3. The number of halogens is 3. The van der Waals surface area contributed by atoms with Gasteiger partial charge in [-0.1, -0.05) is 18.2 Å². The smallest absolute Gasteiger partial charge is 0.406 e. The van der Waals surface area contributed by atoms with Gasteiger partial charge in [0.1, 0.15) is 5.75 Å². The number of ether oxygens (including phenoxy) is 1. The van der Waals surface area contributed by atoms with E-state index >= 15 is 0 Å². The van der Waals surface area contributed by atoms with E-state index in [4.69, 9.17) is 0 Å². The topological polar surface area (TPSA) is 33.3 Å². The van der Waals surface area contributed by atoms with E-state index in [2.05, 4.69) is 21.9 Å². The van der Waals surface area contributed by atoms with Crippen molar-refractivity contribution in [2.75, 3.05) is 18.4 Å². The minimum Gasteiger partial charge on any atom is -0.406 e. The number of rotatable bonds is 4. The van der Waals surface area contributed by atoms with E-state index in [1.807, 2.05) is 0 Å². The lowest BCUT2D eigenvalue weighted by molar-refractivity contribution is -0.274. The maximum atomic E-state index is 12.1. The van der Waals surface area contributed by atoms with Crippen LogP contribution in [0, 0.1) is 0 Å². The molecule has 1 aliphatic heterocycles. The molecule has 1 aromatic carbocycles. The highest BCUT2D eigenvalue weighted by molar-refractivity contribution is 5.48. The van der Waals surface area contributed by atoms with Gasteiger partial charge in [0, 0.05) is 30.9 Å². The maximum absolute atomic E-state index is 12.1. The third-order valence-corrected chi connectivity index (χ3v) is 2.80. The molecule has 0 aliphatic carbocycles. The lowest BCUT2D eigenvalue weighted by Crippen LogP contribution is -2.29. The molecule has 2 N–H and O–H groups in total. The van der Waals surface area contributed by atoms with Gasteiger partial charge in [-0.2, -0.15) is 0 Å². The van der Waals surface area contributed by atoms with Crippen molar-refractivity contribution in [3.63, 3.8) is 0 Å². The molecule has 1 aliphatic rings. The van der Waals surface area contributed by atoms with E-state index in [9.17, 15) is 13.2 Å². The summed E-state index contributed by atoms with van der Waals surface area (Å²) in [6.45, 7) is 5.31. The second-order valence-corrected chi connectivity index (χ2v) is 4.49. The zero-order valence-electron chi connectivity index (χ0n) is 10.3. The van der Waals surface area contributed by atoms with Crippen LogP contribution in [0.4, 0.5) is 18.9 Å².